The first-order valence-corrected chi connectivity index (χ1v) is 5.94. The lowest BCUT2D eigenvalue weighted by Gasteiger charge is -2.24. The summed E-state index contributed by atoms with van der Waals surface area (Å²) < 4.78 is 35.5. The van der Waals surface area contributed by atoms with E-state index in [9.17, 15) is 13.2 Å². The fourth-order valence-corrected chi connectivity index (χ4v) is 2.05. The molecule has 1 aliphatic heterocycles. The molecule has 16 heavy (non-hydrogen) atoms. The molecule has 0 aliphatic carbocycles. The van der Waals surface area contributed by atoms with Crippen molar-refractivity contribution in [3.63, 3.8) is 0 Å². The van der Waals surface area contributed by atoms with E-state index in [2.05, 4.69) is 17.6 Å². The highest BCUT2D eigenvalue weighted by Crippen LogP contribution is 2.22. The van der Waals surface area contributed by atoms with Crippen molar-refractivity contribution >= 4 is 0 Å². The maximum Gasteiger partial charge on any atom is 0.389 e. The summed E-state index contributed by atoms with van der Waals surface area (Å²) in [5.74, 6) is 0. The van der Waals surface area contributed by atoms with Crippen LogP contribution >= 0.6 is 0 Å². The lowest BCUT2D eigenvalue weighted by atomic mass is 10.0. The first-order chi connectivity index (χ1) is 7.41. The van der Waals surface area contributed by atoms with Crippen LogP contribution in [0, 0.1) is 0 Å². The Morgan fingerprint density at radius 1 is 1.31 bits per heavy atom. The highest BCUT2D eigenvalue weighted by molar-refractivity contribution is 4.90. The number of hydrogen-bond donors (Lipinski definition) is 2. The molecule has 1 atom stereocenters. The van der Waals surface area contributed by atoms with Gasteiger partial charge in [0, 0.05) is 18.5 Å². The summed E-state index contributed by atoms with van der Waals surface area (Å²) in [6, 6.07) is 0. The van der Waals surface area contributed by atoms with Crippen LogP contribution in [0.15, 0.2) is 0 Å². The van der Waals surface area contributed by atoms with Gasteiger partial charge in [0.1, 0.15) is 0 Å². The summed E-state index contributed by atoms with van der Waals surface area (Å²) in [7, 11) is 0. The molecule has 1 fully saturated rings. The molecule has 96 valence electrons. The summed E-state index contributed by atoms with van der Waals surface area (Å²) in [5, 5.41) is 6.63. The maximum absolute atomic E-state index is 11.8. The lowest BCUT2D eigenvalue weighted by molar-refractivity contribution is -0.135. The fraction of sp³-hybridized carbons (Fsp3) is 1.00. The molecule has 0 aromatic carbocycles. The molecule has 0 aromatic heterocycles. The van der Waals surface area contributed by atoms with Crippen LogP contribution in [0.4, 0.5) is 13.2 Å². The maximum atomic E-state index is 11.8. The minimum atomic E-state index is -4.00. The van der Waals surface area contributed by atoms with E-state index in [4.69, 9.17) is 0 Å². The number of alkyl halides is 3. The Morgan fingerprint density at radius 2 is 2.06 bits per heavy atom. The smallest absolute Gasteiger partial charge is 0.315 e. The van der Waals surface area contributed by atoms with Crippen LogP contribution in [0.2, 0.25) is 0 Å². The van der Waals surface area contributed by atoms with Gasteiger partial charge in [0.2, 0.25) is 0 Å². The predicted molar refractivity (Wildman–Crippen MR) is 58.4 cm³/mol. The molecular formula is C11H21F3N2. The molecular weight excluding hydrogens is 217 g/mol. The zero-order chi connectivity index (χ0) is 12.1. The minimum absolute atomic E-state index is 0.143. The van der Waals surface area contributed by atoms with E-state index in [0.717, 1.165) is 19.5 Å². The van der Waals surface area contributed by atoms with Gasteiger partial charge in [0.25, 0.3) is 0 Å². The fourth-order valence-electron chi connectivity index (χ4n) is 2.05. The van der Waals surface area contributed by atoms with Crippen molar-refractivity contribution in [1.82, 2.24) is 10.6 Å². The second-order valence-corrected chi connectivity index (χ2v) is 4.84. The standard InChI is InChI=1S/C11H21F3N2/c1-10(5-4-8-16-10)9-15-7-3-2-6-11(12,13)14/h15-16H,2-9H2,1H3. The van der Waals surface area contributed by atoms with Crippen LogP contribution in [-0.4, -0.2) is 31.3 Å². The topological polar surface area (TPSA) is 24.1 Å². The second-order valence-electron chi connectivity index (χ2n) is 4.84. The van der Waals surface area contributed by atoms with Gasteiger partial charge in [-0.3, -0.25) is 0 Å². The van der Waals surface area contributed by atoms with Gasteiger partial charge in [-0.25, -0.2) is 0 Å². The third-order valence-corrected chi connectivity index (χ3v) is 3.04. The molecule has 1 saturated heterocycles. The first-order valence-electron chi connectivity index (χ1n) is 5.94. The average molecular weight is 238 g/mol. The Hall–Kier alpha value is -0.290. The number of rotatable bonds is 6. The Morgan fingerprint density at radius 3 is 2.62 bits per heavy atom. The predicted octanol–water partition coefficient (Wildman–Crippen LogP) is 2.45. The van der Waals surface area contributed by atoms with E-state index < -0.39 is 12.6 Å². The molecule has 5 heteroatoms. The van der Waals surface area contributed by atoms with Crippen molar-refractivity contribution in [1.29, 1.82) is 0 Å². The normalized spacial score (nSPS) is 26.2. The van der Waals surface area contributed by atoms with Gasteiger partial charge in [-0.05, 0) is 45.7 Å². The van der Waals surface area contributed by atoms with Crippen molar-refractivity contribution in [2.75, 3.05) is 19.6 Å². The largest absolute Gasteiger partial charge is 0.389 e. The van der Waals surface area contributed by atoms with E-state index in [-0.39, 0.29) is 12.0 Å². The van der Waals surface area contributed by atoms with Crippen LogP contribution < -0.4 is 10.6 Å². The molecule has 2 N–H and O–H groups in total. The van der Waals surface area contributed by atoms with Crippen LogP contribution in [0.25, 0.3) is 0 Å². The summed E-state index contributed by atoms with van der Waals surface area (Å²) in [5.41, 5.74) is 0.143. The molecule has 0 spiro atoms. The molecule has 0 amide bonds. The minimum Gasteiger partial charge on any atom is -0.315 e. The number of halogens is 3. The third-order valence-electron chi connectivity index (χ3n) is 3.04. The average Bonchev–Trinajstić information content (AvgIpc) is 2.57. The van der Waals surface area contributed by atoms with Crippen LogP contribution in [0.1, 0.15) is 39.0 Å². The van der Waals surface area contributed by atoms with Gasteiger partial charge < -0.3 is 10.6 Å². The third kappa shape index (κ3) is 5.70. The van der Waals surface area contributed by atoms with E-state index in [1.807, 2.05) is 0 Å². The second kappa shape index (κ2) is 5.87. The molecule has 1 heterocycles. The number of nitrogens with one attached hydrogen (secondary N) is 2. The first kappa shape index (κ1) is 13.8. The Bertz CT molecular complexity index is 198. The van der Waals surface area contributed by atoms with Crippen LogP contribution in [0.5, 0.6) is 0 Å². The molecule has 0 saturated carbocycles. The van der Waals surface area contributed by atoms with Crippen LogP contribution in [-0.2, 0) is 0 Å². The van der Waals surface area contributed by atoms with E-state index >= 15 is 0 Å². The van der Waals surface area contributed by atoms with Gasteiger partial charge in [-0.1, -0.05) is 0 Å². The van der Waals surface area contributed by atoms with Crippen molar-refractivity contribution in [3.8, 4) is 0 Å². The number of hydrogen-bond acceptors (Lipinski definition) is 2. The van der Waals surface area contributed by atoms with Gasteiger partial charge in [0.05, 0.1) is 0 Å². The monoisotopic (exact) mass is 238 g/mol. The van der Waals surface area contributed by atoms with Crippen molar-refractivity contribution in [2.45, 2.75) is 50.7 Å². The molecule has 0 radical (unpaired) electrons. The SMILES string of the molecule is CC1(CNCCCCC(F)(F)F)CCCN1. The van der Waals surface area contributed by atoms with Gasteiger partial charge in [0.15, 0.2) is 0 Å². The Kier molecular flexibility index (Phi) is 5.05. The molecule has 0 bridgehead atoms. The molecule has 1 unspecified atom stereocenters. The molecule has 0 aromatic rings. The summed E-state index contributed by atoms with van der Waals surface area (Å²) in [6.07, 6.45) is -1.52. The van der Waals surface area contributed by atoms with Crippen LogP contribution in [0.3, 0.4) is 0 Å². The summed E-state index contributed by atoms with van der Waals surface area (Å²) in [6.45, 7) is 4.72. The number of unbranched alkanes of at least 4 members (excludes halogenated alkanes) is 1. The highest BCUT2D eigenvalue weighted by Gasteiger charge is 2.27. The van der Waals surface area contributed by atoms with Gasteiger partial charge in [-0.2, -0.15) is 13.2 Å². The highest BCUT2D eigenvalue weighted by atomic mass is 19.4. The van der Waals surface area contributed by atoms with Crippen molar-refractivity contribution < 1.29 is 13.2 Å². The Labute approximate surface area is 95.0 Å². The molecule has 1 rings (SSSR count). The lowest BCUT2D eigenvalue weighted by Crippen LogP contribution is -2.45. The molecule has 1 aliphatic rings. The quantitative estimate of drug-likeness (QED) is 0.695. The van der Waals surface area contributed by atoms with E-state index in [1.165, 1.54) is 6.42 Å². The van der Waals surface area contributed by atoms with Gasteiger partial charge in [-0.15, -0.1) is 0 Å². The van der Waals surface area contributed by atoms with Crippen molar-refractivity contribution in [2.24, 2.45) is 0 Å². The van der Waals surface area contributed by atoms with Gasteiger partial charge >= 0.3 is 6.18 Å². The zero-order valence-corrected chi connectivity index (χ0v) is 9.79. The zero-order valence-electron chi connectivity index (χ0n) is 9.79. The summed E-state index contributed by atoms with van der Waals surface area (Å²) >= 11 is 0. The molecule has 2 nitrogen and oxygen atoms in total. The summed E-state index contributed by atoms with van der Waals surface area (Å²) in [4.78, 5) is 0. The van der Waals surface area contributed by atoms with Crippen molar-refractivity contribution in [3.05, 3.63) is 0 Å². The van der Waals surface area contributed by atoms with E-state index in [0.29, 0.717) is 13.0 Å². The Balaban J connectivity index is 1.96. The van der Waals surface area contributed by atoms with E-state index in [1.54, 1.807) is 0 Å².